The van der Waals surface area contributed by atoms with Gasteiger partial charge in [0.1, 0.15) is 24.4 Å². The lowest BCUT2D eigenvalue weighted by Crippen LogP contribution is -2.46. The van der Waals surface area contributed by atoms with E-state index in [2.05, 4.69) is 0 Å². The van der Waals surface area contributed by atoms with Crippen LogP contribution in [0.1, 0.15) is 0 Å². The van der Waals surface area contributed by atoms with E-state index < -0.39 is 37.6 Å². The second-order valence-electron chi connectivity index (χ2n) is 2.48. The first-order valence-corrected chi connectivity index (χ1v) is 3.48. The molecule has 0 amide bonds. The molecule has 0 spiro atoms. The van der Waals surface area contributed by atoms with E-state index in [4.69, 9.17) is 30.6 Å². The highest BCUT2D eigenvalue weighted by molar-refractivity contribution is 5.86. The Bertz CT molecular complexity index is 115. The average molecular weight is 292 g/mol. The quantitative estimate of drug-likeness (QED) is 0.338. The van der Waals surface area contributed by atoms with Crippen LogP contribution < -0.4 is 0 Å². The normalized spacial score (nSPS) is 17.2. The molecule has 0 heterocycles. The van der Waals surface area contributed by atoms with Crippen LogP contribution in [0.4, 0.5) is 0 Å². The molecule has 6 N–H and O–H groups in total. The van der Waals surface area contributed by atoms with Crippen LogP contribution >= 0.6 is 37.2 Å². The predicted molar refractivity (Wildman–Crippen MR) is 59.9 cm³/mol. The minimum Gasteiger partial charge on any atom is -0.394 e. The van der Waals surface area contributed by atoms with Crippen molar-refractivity contribution in [3.8, 4) is 0 Å². The molecule has 0 bridgehead atoms. The highest BCUT2D eigenvalue weighted by Gasteiger charge is 2.29. The van der Waals surface area contributed by atoms with E-state index in [1.54, 1.807) is 0 Å². The summed E-state index contributed by atoms with van der Waals surface area (Å²) in [4.78, 5) is 0. The van der Waals surface area contributed by atoms with Gasteiger partial charge in [0.15, 0.2) is 0 Å². The number of aliphatic hydroxyl groups is 6. The first-order valence-electron chi connectivity index (χ1n) is 3.48. The zero-order valence-electron chi connectivity index (χ0n) is 7.63. The van der Waals surface area contributed by atoms with Gasteiger partial charge in [-0.2, -0.15) is 0 Å². The molecule has 0 saturated carbocycles. The molecule has 0 aromatic heterocycles. The van der Waals surface area contributed by atoms with Crippen LogP contribution in [0.2, 0.25) is 0 Å². The highest BCUT2D eigenvalue weighted by atomic mass is 35.5. The van der Waals surface area contributed by atoms with Crippen LogP contribution in [0.3, 0.4) is 0 Å². The Kier molecular flexibility index (Phi) is 20.9. The monoisotopic (exact) mass is 290 g/mol. The predicted octanol–water partition coefficient (Wildman–Crippen LogP) is -2.32. The summed E-state index contributed by atoms with van der Waals surface area (Å²) >= 11 is 0. The van der Waals surface area contributed by atoms with Crippen molar-refractivity contribution in [2.24, 2.45) is 0 Å². The Morgan fingerprint density at radius 3 is 0.933 bits per heavy atom. The maximum Gasteiger partial charge on any atom is 0.111 e. The summed E-state index contributed by atoms with van der Waals surface area (Å²) in [6, 6.07) is 0. The Balaban J connectivity index is -0.000000202. The molecular weight excluding hydrogens is 274 g/mol. The van der Waals surface area contributed by atoms with Gasteiger partial charge in [0.25, 0.3) is 0 Å². The molecule has 0 aromatic carbocycles. The van der Waals surface area contributed by atoms with Crippen molar-refractivity contribution < 1.29 is 30.6 Å². The van der Waals surface area contributed by atoms with E-state index in [1.807, 2.05) is 0 Å². The van der Waals surface area contributed by atoms with Crippen LogP contribution in [0.15, 0.2) is 0 Å². The second-order valence-corrected chi connectivity index (χ2v) is 2.48. The molecule has 0 saturated heterocycles. The van der Waals surface area contributed by atoms with E-state index in [9.17, 15) is 0 Å². The second kappa shape index (κ2) is 12.7. The SMILES string of the molecule is Cl.Cl.Cl.OC[C@@H](O)[C@@H](O)[C@H](O)[C@@H](O)CO. The van der Waals surface area contributed by atoms with E-state index in [-0.39, 0.29) is 37.2 Å². The molecule has 0 aliphatic rings. The maximum absolute atomic E-state index is 8.96. The van der Waals surface area contributed by atoms with Crippen molar-refractivity contribution in [3.63, 3.8) is 0 Å². The van der Waals surface area contributed by atoms with Crippen molar-refractivity contribution in [1.82, 2.24) is 0 Å². The van der Waals surface area contributed by atoms with E-state index in [1.165, 1.54) is 0 Å². The lowest BCUT2D eigenvalue weighted by Gasteiger charge is -2.24. The van der Waals surface area contributed by atoms with Gasteiger partial charge in [0.05, 0.1) is 13.2 Å². The number of aliphatic hydroxyl groups excluding tert-OH is 6. The minimum atomic E-state index is -1.67. The molecule has 15 heavy (non-hydrogen) atoms. The summed E-state index contributed by atoms with van der Waals surface area (Å²) in [6.07, 6.45) is -6.39. The number of hydrogen-bond acceptors (Lipinski definition) is 6. The summed E-state index contributed by atoms with van der Waals surface area (Å²) in [5, 5.41) is 52.2. The molecule has 0 aliphatic carbocycles. The third-order valence-electron chi connectivity index (χ3n) is 1.51. The fourth-order valence-corrected chi connectivity index (χ4v) is 0.671. The van der Waals surface area contributed by atoms with Gasteiger partial charge in [-0.3, -0.25) is 0 Å². The van der Waals surface area contributed by atoms with E-state index >= 15 is 0 Å². The van der Waals surface area contributed by atoms with Gasteiger partial charge in [0, 0.05) is 0 Å². The lowest BCUT2D eigenvalue weighted by atomic mass is 10.0. The molecule has 0 aromatic rings. The van der Waals surface area contributed by atoms with Crippen molar-refractivity contribution in [2.75, 3.05) is 13.2 Å². The summed E-state index contributed by atoms with van der Waals surface area (Å²) in [7, 11) is 0. The van der Waals surface area contributed by atoms with Crippen molar-refractivity contribution in [1.29, 1.82) is 0 Å². The number of halogens is 3. The highest BCUT2D eigenvalue weighted by Crippen LogP contribution is 2.03. The first-order chi connectivity index (χ1) is 5.54. The summed E-state index contributed by atoms with van der Waals surface area (Å²) in [5.74, 6) is 0. The molecule has 0 unspecified atom stereocenters. The van der Waals surface area contributed by atoms with Crippen LogP contribution in [0.25, 0.3) is 0 Å². The molecule has 0 aliphatic heterocycles. The van der Waals surface area contributed by atoms with Crippen molar-refractivity contribution in [3.05, 3.63) is 0 Å². The van der Waals surface area contributed by atoms with Gasteiger partial charge >= 0.3 is 0 Å². The third-order valence-corrected chi connectivity index (χ3v) is 1.51. The Labute approximate surface area is 106 Å². The van der Waals surface area contributed by atoms with Crippen LogP contribution in [0, 0.1) is 0 Å². The topological polar surface area (TPSA) is 121 Å². The fourth-order valence-electron chi connectivity index (χ4n) is 0.671. The molecule has 0 rings (SSSR count). The lowest BCUT2D eigenvalue weighted by molar-refractivity contribution is -0.123. The molecule has 0 radical (unpaired) electrons. The van der Waals surface area contributed by atoms with Gasteiger partial charge < -0.3 is 30.6 Å². The number of hydrogen-bond donors (Lipinski definition) is 6. The van der Waals surface area contributed by atoms with Crippen molar-refractivity contribution in [2.45, 2.75) is 24.4 Å². The van der Waals surface area contributed by atoms with E-state index in [0.717, 1.165) is 0 Å². The summed E-state index contributed by atoms with van der Waals surface area (Å²) in [5.41, 5.74) is 0. The molecule has 4 atom stereocenters. The Morgan fingerprint density at radius 1 is 0.600 bits per heavy atom. The zero-order chi connectivity index (χ0) is 9.72. The third kappa shape index (κ3) is 8.44. The van der Waals surface area contributed by atoms with Crippen molar-refractivity contribution >= 4 is 37.2 Å². The van der Waals surface area contributed by atoms with Gasteiger partial charge in [-0.15, -0.1) is 37.2 Å². The standard InChI is InChI=1S/C6H14O6.3ClH/c7-1-3(9)5(11)6(12)4(10)2-8;;;/h3-12H,1-2H2;3*1H/t3-,4+,5-,6-;;;/m1.../s1. The van der Waals surface area contributed by atoms with Gasteiger partial charge in [-0.05, 0) is 0 Å². The largest absolute Gasteiger partial charge is 0.394 e. The fraction of sp³-hybridized carbons (Fsp3) is 1.00. The van der Waals surface area contributed by atoms with E-state index in [0.29, 0.717) is 0 Å². The molecule has 0 fully saturated rings. The molecule has 98 valence electrons. The Hall–Kier alpha value is 0.630. The Morgan fingerprint density at radius 2 is 0.800 bits per heavy atom. The van der Waals surface area contributed by atoms with Gasteiger partial charge in [0.2, 0.25) is 0 Å². The van der Waals surface area contributed by atoms with Crippen LogP contribution in [0.5, 0.6) is 0 Å². The van der Waals surface area contributed by atoms with Gasteiger partial charge in [-0.1, -0.05) is 0 Å². The average Bonchev–Trinajstić information content (AvgIpc) is 2.12. The molecular formula is C6H17Cl3O6. The zero-order valence-corrected chi connectivity index (χ0v) is 10.1. The minimum absolute atomic E-state index is 0. The maximum atomic E-state index is 8.96. The summed E-state index contributed by atoms with van der Waals surface area (Å²) < 4.78 is 0. The number of rotatable bonds is 5. The summed E-state index contributed by atoms with van der Waals surface area (Å²) in [6.45, 7) is -1.45. The molecule has 6 nitrogen and oxygen atoms in total. The van der Waals surface area contributed by atoms with Gasteiger partial charge in [-0.25, -0.2) is 0 Å². The van der Waals surface area contributed by atoms with Crippen LogP contribution in [-0.4, -0.2) is 68.3 Å². The van der Waals surface area contributed by atoms with Crippen LogP contribution in [-0.2, 0) is 0 Å². The smallest absolute Gasteiger partial charge is 0.111 e. The first kappa shape index (κ1) is 24.7. The molecule has 9 heteroatoms.